The number of hydrogen-bond acceptors (Lipinski definition) is 2. The van der Waals surface area contributed by atoms with Gasteiger partial charge in [0.2, 0.25) is 0 Å². The van der Waals surface area contributed by atoms with Crippen LogP contribution in [0.3, 0.4) is 0 Å². The summed E-state index contributed by atoms with van der Waals surface area (Å²) in [6.45, 7) is 17.1. The average molecular weight is 288 g/mol. The maximum atomic E-state index is 3.54. The zero-order valence-electron chi connectivity index (χ0n) is 14.7. The third-order valence-electron chi connectivity index (χ3n) is 4.90. The van der Waals surface area contributed by atoms with Crippen LogP contribution in [0.25, 0.3) is 0 Å². The first-order chi connectivity index (χ1) is 9.90. The fraction of sp³-hybridized carbons (Fsp3) is 0.684. The molecule has 0 aromatic heterocycles. The van der Waals surface area contributed by atoms with Crippen molar-refractivity contribution in [3.8, 4) is 0 Å². The molecule has 2 heteroatoms. The number of fused-ring (bicyclic) bond motifs is 1. The van der Waals surface area contributed by atoms with Crippen LogP contribution in [0, 0.1) is 6.92 Å². The number of aryl methyl sites for hydroxylation is 1. The Morgan fingerprint density at radius 2 is 2.00 bits per heavy atom. The van der Waals surface area contributed by atoms with Gasteiger partial charge in [0.1, 0.15) is 0 Å². The van der Waals surface area contributed by atoms with Crippen LogP contribution in [-0.4, -0.2) is 18.6 Å². The molecule has 118 valence electrons. The van der Waals surface area contributed by atoms with Gasteiger partial charge in [0.05, 0.1) is 0 Å². The molecular weight excluding hydrogens is 256 g/mol. The predicted molar refractivity (Wildman–Crippen MR) is 93.3 cm³/mol. The molecule has 2 nitrogen and oxygen atoms in total. The molecule has 0 saturated heterocycles. The van der Waals surface area contributed by atoms with Gasteiger partial charge < -0.3 is 10.2 Å². The van der Waals surface area contributed by atoms with E-state index < -0.39 is 0 Å². The molecule has 0 aliphatic carbocycles. The lowest BCUT2D eigenvalue weighted by molar-refractivity contribution is 0.381. The van der Waals surface area contributed by atoms with E-state index >= 15 is 0 Å². The van der Waals surface area contributed by atoms with E-state index in [1.807, 2.05) is 0 Å². The highest BCUT2D eigenvalue weighted by molar-refractivity contribution is 5.62. The van der Waals surface area contributed by atoms with E-state index in [1.165, 1.54) is 35.2 Å². The third-order valence-corrected chi connectivity index (χ3v) is 4.90. The lowest BCUT2D eigenvalue weighted by Crippen LogP contribution is -2.48. The van der Waals surface area contributed by atoms with Crippen molar-refractivity contribution in [3.63, 3.8) is 0 Å². The van der Waals surface area contributed by atoms with Crippen LogP contribution in [0.1, 0.15) is 70.1 Å². The summed E-state index contributed by atoms with van der Waals surface area (Å²) in [4.78, 5) is 2.58. The number of hydrogen-bond donors (Lipinski definition) is 1. The monoisotopic (exact) mass is 288 g/mol. The molecule has 2 rings (SSSR count). The minimum atomic E-state index is 0.260. The average Bonchev–Trinajstić information content (AvgIpc) is 2.39. The van der Waals surface area contributed by atoms with Gasteiger partial charge in [0, 0.05) is 24.3 Å². The Balaban J connectivity index is 2.37. The van der Waals surface area contributed by atoms with Crippen LogP contribution in [0.15, 0.2) is 12.1 Å². The Bertz CT molecular complexity index is 491. The molecule has 1 aromatic carbocycles. The quantitative estimate of drug-likeness (QED) is 0.796. The molecule has 1 heterocycles. The van der Waals surface area contributed by atoms with Crippen LogP contribution in [-0.2, 0) is 6.54 Å². The van der Waals surface area contributed by atoms with Gasteiger partial charge in [-0.25, -0.2) is 0 Å². The Labute approximate surface area is 130 Å². The Morgan fingerprint density at radius 3 is 2.62 bits per heavy atom. The molecule has 1 aliphatic heterocycles. The molecule has 0 amide bonds. The first kappa shape index (κ1) is 16.4. The lowest BCUT2D eigenvalue weighted by Gasteiger charge is -2.47. The maximum absolute atomic E-state index is 3.54. The molecule has 0 spiro atoms. The van der Waals surface area contributed by atoms with E-state index in [9.17, 15) is 0 Å². The standard InChI is InChI=1S/C19H32N2/c1-7-9-20-13-16-11-17-15(4)12-19(5,6)21(8-2)18(17)10-14(16)3/h10-11,15,20H,7-9,12-13H2,1-6H3/t15-/m0/s1. The highest BCUT2D eigenvalue weighted by atomic mass is 15.2. The van der Waals surface area contributed by atoms with Crippen LogP contribution >= 0.6 is 0 Å². The molecule has 0 fully saturated rings. The summed E-state index contributed by atoms with van der Waals surface area (Å²) in [5.41, 5.74) is 6.13. The van der Waals surface area contributed by atoms with Gasteiger partial charge >= 0.3 is 0 Å². The number of nitrogens with one attached hydrogen (secondary N) is 1. The summed E-state index contributed by atoms with van der Waals surface area (Å²) >= 11 is 0. The molecule has 1 aliphatic rings. The van der Waals surface area contributed by atoms with Crippen LogP contribution in [0.2, 0.25) is 0 Å². The Kier molecular flexibility index (Phi) is 4.98. The van der Waals surface area contributed by atoms with Crippen molar-refractivity contribution < 1.29 is 0 Å². The predicted octanol–water partition coefficient (Wildman–Crippen LogP) is 4.61. The van der Waals surface area contributed by atoms with Crippen molar-refractivity contribution in [2.24, 2.45) is 0 Å². The third kappa shape index (κ3) is 3.26. The van der Waals surface area contributed by atoms with Crippen molar-refractivity contribution in [3.05, 3.63) is 28.8 Å². The fourth-order valence-corrected chi connectivity index (χ4v) is 3.87. The largest absolute Gasteiger partial charge is 0.366 e. The summed E-state index contributed by atoms with van der Waals surface area (Å²) < 4.78 is 0. The molecule has 0 radical (unpaired) electrons. The van der Waals surface area contributed by atoms with E-state index in [1.54, 1.807) is 0 Å². The molecule has 1 N–H and O–H groups in total. The lowest BCUT2D eigenvalue weighted by atomic mass is 9.79. The number of rotatable bonds is 5. The molecule has 0 unspecified atom stereocenters. The summed E-state index contributed by atoms with van der Waals surface area (Å²) in [7, 11) is 0. The van der Waals surface area contributed by atoms with Crippen molar-refractivity contribution in [2.75, 3.05) is 18.0 Å². The summed E-state index contributed by atoms with van der Waals surface area (Å²) in [6, 6.07) is 4.87. The highest BCUT2D eigenvalue weighted by Crippen LogP contribution is 2.44. The van der Waals surface area contributed by atoms with Crippen molar-refractivity contribution in [1.29, 1.82) is 0 Å². The van der Waals surface area contributed by atoms with Gasteiger partial charge in [0.25, 0.3) is 0 Å². The Morgan fingerprint density at radius 1 is 1.29 bits per heavy atom. The second kappa shape index (κ2) is 6.39. The highest BCUT2D eigenvalue weighted by Gasteiger charge is 2.35. The van der Waals surface area contributed by atoms with Gasteiger partial charge in [-0.05, 0) is 75.8 Å². The second-order valence-corrected chi connectivity index (χ2v) is 7.18. The molecule has 1 atom stereocenters. The smallest absolute Gasteiger partial charge is 0.0408 e. The SMILES string of the molecule is CCCNCc1cc2c(cc1C)N(CC)C(C)(C)C[C@@H]2C. The molecule has 0 bridgehead atoms. The number of benzene rings is 1. The van der Waals surface area contributed by atoms with E-state index in [0.717, 1.165) is 19.6 Å². The fourth-order valence-electron chi connectivity index (χ4n) is 3.87. The minimum absolute atomic E-state index is 0.260. The van der Waals surface area contributed by atoms with E-state index in [4.69, 9.17) is 0 Å². The minimum Gasteiger partial charge on any atom is -0.366 e. The van der Waals surface area contributed by atoms with Gasteiger partial charge in [0.15, 0.2) is 0 Å². The Hall–Kier alpha value is -1.02. The van der Waals surface area contributed by atoms with Gasteiger partial charge in [-0.2, -0.15) is 0 Å². The summed E-state index contributed by atoms with van der Waals surface area (Å²) in [6.07, 6.45) is 2.43. The molecule has 0 saturated carbocycles. The van der Waals surface area contributed by atoms with Crippen molar-refractivity contribution in [2.45, 2.75) is 72.4 Å². The van der Waals surface area contributed by atoms with Gasteiger partial charge in [-0.3, -0.25) is 0 Å². The van der Waals surface area contributed by atoms with Gasteiger partial charge in [-0.1, -0.05) is 19.9 Å². The molecular formula is C19H32N2. The van der Waals surface area contributed by atoms with E-state index in [0.29, 0.717) is 5.92 Å². The first-order valence-corrected chi connectivity index (χ1v) is 8.52. The van der Waals surface area contributed by atoms with Crippen LogP contribution in [0.5, 0.6) is 0 Å². The van der Waals surface area contributed by atoms with Crippen LogP contribution in [0.4, 0.5) is 5.69 Å². The number of anilines is 1. The van der Waals surface area contributed by atoms with Crippen molar-refractivity contribution in [1.82, 2.24) is 5.32 Å². The van der Waals surface area contributed by atoms with Gasteiger partial charge in [-0.15, -0.1) is 0 Å². The second-order valence-electron chi connectivity index (χ2n) is 7.18. The number of nitrogens with zero attached hydrogens (tertiary/aromatic N) is 1. The first-order valence-electron chi connectivity index (χ1n) is 8.52. The zero-order valence-corrected chi connectivity index (χ0v) is 14.7. The normalized spacial score (nSPS) is 20.5. The molecule has 21 heavy (non-hydrogen) atoms. The zero-order chi connectivity index (χ0) is 15.6. The summed E-state index contributed by atoms with van der Waals surface area (Å²) in [5.74, 6) is 0.642. The van der Waals surface area contributed by atoms with E-state index in [2.05, 4.69) is 63.9 Å². The van der Waals surface area contributed by atoms with E-state index in [-0.39, 0.29) is 5.54 Å². The summed E-state index contributed by atoms with van der Waals surface area (Å²) in [5, 5.41) is 3.54. The van der Waals surface area contributed by atoms with Crippen LogP contribution < -0.4 is 10.2 Å². The van der Waals surface area contributed by atoms with Crippen molar-refractivity contribution >= 4 is 5.69 Å². The molecule has 1 aromatic rings. The maximum Gasteiger partial charge on any atom is 0.0408 e. The topological polar surface area (TPSA) is 15.3 Å².